The number of hydrogen-bond acceptors (Lipinski definition) is 6. The fourth-order valence-electron chi connectivity index (χ4n) is 2.17. The molecule has 0 spiro atoms. The summed E-state index contributed by atoms with van der Waals surface area (Å²) in [6, 6.07) is 14.3. The second-order valence-corrected chi connectivity index (χ2v) is 6.60. The zero-order chi connectivity index (χ0) is 18.0. The molecule has 3 rings (SSSR count). The maximum absolute atomic E-state index is 11.1. The van der Waals surface area contributed by atoms with Crippen molar-refractivity contribution in [2.24, 2.45) is 10.2 Å². The highest BCUT2D eigenvalue weighted by Gasteiger charge is 2.16. The summed E-state index contributed by atoms with van der Waals surface area (Å²) in [7, 11) is -4.28. The lowest BCUT2D eigenvalue weighted by molar-refractivity contribution is 0.434. The molecule has 3 aromatic rings. The summed E-state index contributed by atoms with van der Waals surface area (Å²) >= 11 is 0. The van der Waals surface area contributed by atoms with Crippen LogP contribution < -0.4 is 0 Å². The summed E-state index contributed by atoms with van der Waals surface area (Å²) in [5.41, 5.74) is 1.71. The van der Waals surface area contributed by atoms with Crippen molar-refractivity contribution in [1.29, 1.82) is 0 Å². The third-order valence-corrected chi connectivity index (χ3v) is 4.27. The van der Waals surface area contributed by atoms with Crippen LogP contribution in [0.25, 0.3) is 5.69 Å². The zero-order valence-corrected chi connectivity index (χ0v) is 13.9. The van der Waals surface area contributed by atoms with E-state index in [2.05, 4.69) is 15.3 Å². The lowest BCUT2D eigenvalue weighted by Gasteiger charge is -2.03. The summed E-state index contributed by atoms with van der Waals surface area (Å²) < 4.78 is 32.4. The third kappa shape index (κ3) is 3.57. The Morgan fingerprint density at radius 2 is 1.64 bits per heavy atom. The molecule has 0 aliphatic carbocycles. The van der Waals surface area contributed by atoms with Gasteiger partial charge in [0.25, 0.3) is 10.1 Å². The highest BCUT2D eigenvalue weighted by Crippen LogP contribution is 2.33. The summed E-state index contributed by atoms with van der Waals surface area (Å²) in [6.07, 6.45) is 0. The SMILES string of the molecule is Cc1nn(-c2ccc(S(=O)(=O)O)cc2)c(O)c1/N=N/c1ccccc1. The standard InChI is InChI=1S/C16H14N4O4S/c1-11-15(18-17-12-5-3-2-4-6-12)16(21)20(19-11)13-7-9-14(10-8-13)25(22,23)24/h2-10,21H,1H3,(H,22,23,24)/b18-17+. The van der Waals surface area contributed by atoms with Crippen LogP contribution >= 0.6 is 0 Å². The van der Waals surface area contributed by atoms with Gasteiger partial charge in [-0.3, -0.25) is 4.55 Å². The van der Waals surface area contributed by atoms with Gasteiger partial charge in [0.1, 0.15) is 0 Å². The van der Waals surface area contributed by atoms with Gasteiger partial charge in [0.2, 0.25) is 5.88 Å². The van der Waals surface area contributed by atoms with Crippen LogP contribution in [0.2, 0.25) is 0 Å². The largest absolute Gasteiger partial charge is 0.492 e. The molecule has 0 amide bonds. The molecule has 2 aromatic carbocycles. The molecular formula is C16H14N4O4S. The van der Waals surface area contributed by atoms with Gasteiger partial charge in [-0.05, 0) is 43.3 Å². The number of aryl methyl sites for hydroxylation is 1. The molecule has 1 heterocycles. The van der Waals surface area contributed by atoms with E-state index in [-0.39, 0.29) is 16.5 Å². The van der Waals surface area contributed by atoms with Crippen molar-refractivity contribution in [3.8, 4) is 11.6 Å². The van der Waals surface area contributed by atoms with E-state index in [1.54, 1.807) is 19.1 Å². The molecule has 8 nitrogen and oxygen atoms in total. The van der Waals surface area contributed by atoms with E-state index < -0.39 is 10.1 Å². The van der Waals surface area contributed by atoms with Gasteiger partial charge in [-0.25, -0.2) is 0 Å². The quantitative estimate of drug-likeness (QED) is 0.546. The lowest BCUT2D eigenvalue weighted by Crippen LogP contribution is -2.00. The Morgan fingerprint density at radius 3 is 2.24 bits per heavy atom. The first kappa shape index (κ1) is 16.8. The van der Waals surface area contributed by atoms with Gasteiger partial charge in [-0.1, -0.05) is 18.2 Å². The Balaban J connectivity index is 1.96. The molecule has 128 valence electrons. The Morgan fingerprint density at radius 1 is 1.00 bits per heavy atom. The molecule has 25 heavy (non-hydrogen) atoms. The monoisotopic (exact) mass is 358 g/mol. The third-order valence-electron chi connectivity index (χ3n) is 3.41. The van der Waals surface area contributed by atoms with Gasteiger partial charge in [-0.2, -0.15) is 23.3 Å². The first-order valence-corrected chi connectivity index (χ1v) is 8.63. The van der Waals surface area contributed by atoms with Crippen molar-refractivity contribution in [2.75, 3.05) is 0 Å². The molecule has 0 saturated carbocycles. The number of hydrogen-bond donors (Lipinski definition) is 2. The second kappa shape index (κ2) is 6.46. The van der Waals surface area contributed by atoms with Crippen LogP contribution in [0.4, 0.5) is 11.4 Å². The molecule has 2 N–H and O–H groups in total. The van der Waals surface area contributed by atoms with E-state index in [0.717, 1.165) is 0 Å². The molecule has 0 aliphatic heterocycles. The summed E-state index contributed by atoms with van der Waals surface area (Å²) in [6.45, 7) is 1.67. The Hall–Kier alpha value is -3.04. The topological polar surface area (TPSA) is 117 Å². The molecule has 1 aromatic heterocycles. The van der Waals surface area contributed by atoms with Gasteiger partial charge in [0.05, 0.1) is 22.0 Å². The second-order valence-electron chi connectivity index (χ2n) is 5.17. The summed E-state index contributed by atoms with van der Waals surface area (Å²) in [5.74, 6) is -0.225. The van der Waals surface area contributed by atoms with Gasteiger partial charge < -0.3 is 5.11 Å². The van der Waals surface area contributed by atoms with Crippen molar-refractivity contribution in [1.82, 2.24) is 9.78 Å². The molecular weight excluding hydrogens is 344 g/mol. The predicted molar refractivity (Wildman–Crippen MR) is 90.4 cm³/mol. The van der Waals surface area contributed by atoms with Crippen molar-refractivity contribution in [3.05, 3.63) is 60.3 Å². The van der Waals surface area contributed by atoms with Crippen LogP contribution in [0.3, 0.4) is 0 Å². The first-order chi connectivity index (χ1) is 11.9. The number of azo groups is 1. The summed E-state index contributed by atoms with van der Waals surface area (Å²) in [4.78, 5) is -0.247. The van der Waals surface area contributed by atoms with Crippen LogP contribution in [0.1, 0.15) is 5.69 Å². The Bertz CT molecular complexity index is 1030. The minimum atomic E-state index is -4.28. The molecule has 0 bridgehead atoms. The highest BCUT2D eigenvalue weighted by molar-refractivity contribution is 7.85. The van der Waals surface area contributed by atoms with Crippen LogP contribution in [0, 0.1) is 6.92 Å². The number of aromatic nitrogens is 2. The minimum absolute atomic E-state index is 0.211. The fraction of sp³-hybridized carbons (Fsp3) is 0.0625. The van der Waals surface area contributed by atoms with Gasteiger partial charge in [0, 0.05) is 0 Å². The number of aromatic hydroxyl groups is 1. The van der Waals surface area contributed by atoms with E-state index in [1.165, 1.54) is 28.9 Å². The maximum atomic E-state index is 11.1. The molecule has 0 atom stereocenters. The Kier molecular flexibility index (Phi) is 4.34. The van der Waals surface area contributed by atoms with Crippen molar-refractivity contribution in [2.45, 2.75) is 11.8 Å². The van der Waals surface area contributed by atoms with E-state index >= 15 is 0 Å². The van der Waals surface area contributed by atoms with E-state index in [0.29, 0.717) is 17.1 Å². The highest BCUT2D eigenvalue weighted by atomic mass is 32.2. The predicted octanol–water partition coefficient (Wildman–Crippen LogP) is 3.55. The molecule has 0 fully saturated rings. The molecule has 0 radical (unpaired) electrons. The van der Waals surface area contributed by atoms with Gasteiger partial charge in [-0.15, -0.1) is 5.11 Å². The van der Waals surface area contributed by atoms with Crippen molar-refractivity contribution in [3.63, 3.8) is 0 Å². The summed E-state index contributed by atoms with van der Waals surface area (Å²) in [5, 5.41) is 22.6. The number of benzene rings is 2. The van der Waals surface area contributed by atoms with E-state index in [9.17, 15) is 13.5 Å². The van der Waals surface area contributed by atoms with Gasteiger partial charge in [0.15, 0.2) is 5.69 Å². The smallest absolute Gasteiger partial charge is 0.294 e. The van der Waals surface area contributed by atoms with Crippen LogP contribution in [0.15, 0.2) is 69.7 Å². The van der Waals surface area contributed by atoms with Crippen molar-refractivity contribution >= 4 is 21.5 Å². The van der Waals surface area contributed by atoms with Crippen LogP contribution in [0.5, 0.6) is 5.88 Å². The van der Waals surface area contributed by atoms with Gasteiger partial charge >= 0.3 is 0 Å². The first-order valence-electron chi connectivity index (χ1n) is 7.19. The van der Waals surface area contributed by atoms with E-state index in [4.69, 9.17) is 4.55 Å². The van der Waals surface area contributed by atoms with Crippen LogP contribution in [-0.2, 0) is 10.1 Å². The fourth-order valence-corrected chi connectivity index (χ4v) is 2.65. The lowest BCUT2D eigenvalue weighted by atomic mass is 10.3. The average molecular weight is 358 g/mol. The van der Waals surface area contributed by atoms with E-state index in [1.807, 2.05) is 18.2 Å². The minimum Gasteiger partial charge on any atom is -0.492 e. The maximum Gasteiger partial charge on any atom is 0.294 e. The average Bonchev–Trinajstić information content (AvgIpc) is 2.87. The number of nitrogens with zero attached hydrogens (tertiary/aromatic N) is 4. The normalized spacial score (nSPS) is 11.9. The zero-order valence-electron chi connectivity index (χ0n) is 13.1. The Labute approximate surface area is 143 Å². The van der Waals surface area contributed by atoms with Crippen LogP contribution in [-0.4, -0.2) is 27.9 Å². The molecule has 9 heteroatoms. The molecule has 0 unspecified atom stereocenters. The molecule has 0 aliphatic rings. The molecule has 0 saturated heterocycles. The van der Waals surface area contributed by atoms with Crippen molar-refractivity contribution < 1.29 is 18.1 Å². The number of rotatable bonds is 4.